The van der Waals surface area contributed by atoms with E-state index in [1.54, 1.807) is 0 Å². The Morgan fingerprint density at radius 3 is 2.44 bits per heavy atom. The molecule has 2 aromatic rings. The van der Waals surface area contributed by atoms with Crippen molar-refractivity contribution in [1.29, 1.82) is 0 Å². The SMILES string of the molecule is CS(=O)(=O)OCCCOC1=CC(F)C(n2c(N)c(C(=O)c3ccc(F)cc3)ccc2=O)C(F)C1. The maximum Gasteiger partial charge on any atom is 0.264 e. The summed E-state index contributed by atoms with van der Waals surface area (Å²) < 4.78 is 75.6. The van der Waals surface area contributed by atoms with Crippen LogP contribution in [0.4, 0.5) is 19.0 Å². The van der Waals surface area contributed by atoms with Crippen molar-refractivity contribution >= 4 is 21.7 Å². The maximum atomic E-state index is 15.0. The summed E-state index contributed by atoms with van der Waals surface area (Å²) in [5.74, 6) is -1.60. The van der Waals surface area contributed by atoms with Crippen LogP contribution in [0.15, 0.2) is 53.0 Å². The van der Waals surface area contributed by atoms with Crippen molar-refractivity contribution in [3.05, 3.63) is 75.5 Å². The number of benzene rings is 1. The molecule has 1 aromatic carbocycles. The minimum absolute atomic E-state index is 0.000712. The molecule has 0 radical (unpaired) electrons. The van der Waals surface area contributed by atoms with Crippen molar-refractivity contribution in [2.75, 3.05) is 25.2 Å². The Balaban J connectivity index is 1.79. The number of allylic oxidation sites excluding steroid dienone is 2. The molecule has 3 atom stereocenters. The predicted molar refractivity (Wildman–Crippen MR) is 118 cm³/mol. The number of alkyl halides is 2. The summed E-state index contributed by atoms with van der Waals surface area (Å²) in [5, 5.41) is 0. The van der Waals surface area contributed by atoms with Gasteiger partial charge >= 0.3 is 0 Å². The smallest absolute Gasteiger partial charge is 0.264 e. The lowest BCUT2D eigenvalue weighted by Gasteiger charge is -2.31. The summed E-state index contributed by atoms with van der Waals surface area (Å²) >= 11 is 0. The highest BCUT2D eigenvalue weighted by atomic mass is 32.2. The molecule has 0 saturated heterocycles. The number of carbonyl (C=O) groups is 1. The molecule has 184 valence electrons. The summed E-state index contributed by atoms with van der Waals surface area (Å²) in [6.07, 6.45) is -2.18. The number of halogens is 3. The van der Waals surface area contributed by atoms with Crippen molar-refractivity contribution in [1.82, 2.24) is 4.57 Å². The third kappa shape index (κ3) is 6.06. The van der Waals surface area contributed by atoms with Crippen molar-refractivity contribution in [3.8, 4) is 0 Å². The fraction of sp³-hybridized carbons (Fsp3) is 0.364. The number of carbonyl (C=O) groups excluding carboxylic acids is 1. The average Bonchev–Trinajstić information content (AvgIpc) is 2.74. The van der Waals surface area contributed by atoms with Crippen LogP contribution in [0, 0.1) is 5.82 Å². The first-order valence-corrected chi connectivity index (χ1v) is 12.1. The topological polar surface area (TPSA) is 118 Å². The molecule has 1 aliphatic rings. The first kappa shape index (κ1) is 25.5. The second-order valence-electron chi connectivity index (χ2n) is 7.69. The van der Waals surface area contributed by atoms with Gasteiger partial charge in [0.25, 0.3) is 15.7 Å². The number of hydrogen-bond donors (Lipinski definition) is 1. The summed E-state index contributed by atoms with van der Waals surface area (Å²) in [4.78, 5) is 25.3. The van der Waals surface area contributed by atoms with Crippen LogP contribution < -0.4 is 11.3 Å². The molecule has 2 N–H and O–H groups in total. The molecule has 0 fully saturated rings. The van der Waals surface area contributed by atoms with E-state index in [1.807, 2.05) is 0 Å². The van der Waals surface area contributed by atoms with Crippen LogP contribution in [-0.2, 0) is 19.0 Å². The zero-order valence-corrected chi connectivity index (χ0v) is 18.9. The lowest BCUT2D eigenvalue weighted by Crippen LogP contribution is -2.40. The fourth-order valence-corrected chi connectivity index (χ4v) is 3.99. The van der Waals surface area contributed by atoms with Crippen molar-refractivity contribution in [3.63, 3.8) is 0 Å². The fourth-order valence-electron chi connectivity index (χ4n) is 3.57. The number of ether oxygens (including phenoxy) is 1. The Labute approximate surface area is 193 Å². The monoisotopic (exact) mass is 500 g/mol. The number of ketones is 1. The van der Waals surface area contributed by atoms with Crippen LogP contribution >= 0.6 is 0 Å². The van der Waals surface area contributed by atoms with Gasteiger partial charge in [0.15, 0.2) is 5.78 Å². The zero-order chi connectivity index (χ0) is 25.0. The Bertz CT molecular complexity index is 1240. The number of anilines is 1. The number of hydrogen-bond acceptors (Lipinski definition) is 7. The Kier molecular flexibility index (Phi) is 7.82. The van der Waals surface area contributed by atoms with Gasteiger partial charge in [-0.05, 0) is 36.4 Å². The van der Waals surface area contributed by atoms with E-state index >= 15 is 4.39 Å². The molecule has 1 heterocycles. The minimum Gasteiger partial charge on any atom is -0.498 e. The van der Waals surface area contributed by atoms with Crippen LogP contribution in [0.1, 0.15) is 34.8 Å². The summed E-state index contributed by atoms with van der Waals surface area (Å²) in [6.45, 7) is -0.178. The van der Waals surface area contributed by atoms with Gasteiger partial charge in [-0.3, -0.25) is 18.3 Å². The van der Waals surface area contributed by atoms with Crippen molar-refractivity contribution in [2.24, 2.45) is 0 Å². The van der Waals surface area contributed by atoms with Gasteiger partial charge in [0.2, 0.25) is 0 Å². The molecule has 8 nitrogen and oxygen atoms in total. The molecule has 0 amide bonds. The lowest BCUT2D eigenvalue weighted by molar-refractivity contribution is 0.0954. The lowest BCUT2D eigenvalue weighted by atomic mass is 9.95. The summed E-state index contributed by atoms with van der Waals surface area (Å²) in [7, 11) is -3.60. The van der Waals surface area contributed by atoms with Gasteiger partial charge in [0.05, 0.1) is 30.8 Å². The van der Waals surface area contributed by atoms with Crippen LogP contribution in [0.25, 0.3) is 0 Å². The number of rotatable bonds is 9. The molecular formula is C22H23F3N2O6S. The maximum absolute atomic E-state index is 15.0. The van der Waals surface area contributed by atoms with Gasteiger partial charge in [-0.25, -0.2) is 13.2 Å². The van der Waals surface area contributed by atoms with Crippen molar-refractivity contribution in [2.45, 2.75) is 31.2 Å². The first-order valence-electron chi connectivity index (χ1n) is 10.3. The highest BCUT2D eigenvalue weighted by Gasteiger charge is 2.38. The van der Waals surface area contributed by atoms with E-state index in [-0.39, 0.29) is 42.9 Å². The molecule has 1 aliphatic carbocycles. The Morgan fingerprint density at radius 2 is 1.82 bits per heavy atom. The molecule has 0 spiro atoms. The molecule has 0 aliphatic heterocycles. The zero-order valence-electron chi connectivity index (χ0n) is 18.1. The highest BCUT2D eigenvalue weighted by molar-refractivity contribution is 7.85. The van der Waals surface area contributed by atoms with E-state index in [0.29, 0.717) is 4.57 Å². The van der Waals surface area contributed by atoms with E-state index in [0.717, 1.165) is 36.6 Å². The second-order valence-corrected chi connectivity index (χ2v) is 9.34. The average molecular weight is 500 g/mol. The number of nitrogens with zero attached hydrogens (tertiary/aromatic N) is 1. The van der Waals surface area contributed by atoms with Crippen LogP contribution in [0.2, 0.25) is 0 Å². The molecule has 1 aromatic heterocycles. The first-order chi connectivity index (χ1) is 16.0. The standard InChI is InChI=1S/C22H23F3N2O6S/c1-34(30,31)33-10-2-9-32-15-11-17(24)20(18(25)12-15)27-19(28)8-7-16(22(27)26)21(29)13-3-5-14(23)6-4-13/h3-8,11,17-18,20H,2,9-10,12,26H2,1H3. The number of pyridine rings is 1. The normalized spacial score (nSPS) is 20.6. The van der Waals surface area contributed by atoms with Gasteiger partial charge in [0, 0.05) is 24.5 Å². The van der Waals surface area contributed by atoms with Gasteiger partial charge in [-0.2, -0.15) is 8.42 Å². The number of aromatic nitrogens is 1. The molecule has 0 bridgehead atoms. The second kappa shape index (κ2) is 10.4. The molecule has 3 unspecified atom stereocenters. The number of nitrogens with two attached hydrogens (primary N) is 1. The summed E-state index contributed by atoms with van der Waals surface area (Å²) in [5.41, 5.74) is 5.16. The predicted octanol–water partition coefficient (Wildman–Crippen LogP) is 2.69. The third-order valence-electron chi connectivity index (χ3n) is 5.13. The van der Waals surface area contributed by atoms with E-state index < -0.39 is 51.5 Å². The van der Waals surface area contributed by atoms with E-state index in [2.05, 4.69) is 4.18 Å². The molecule has 3 rings (SSSR count). The largest absolute Gasteiger partial charge is 0.498 e. The number of nitrogen functional groups attached to an aromatic ring is 1. The van der Waals surface area contributed by atoms with E-state index in [4.69, 9.17) is 10.5 Å². The van der Waals surface area contributed by atoms with Crippen LogP contribution in [0.5, 0.6) is 0 Å². The van der Waals surface area contributed by atoms with Gasteiger partial charge < -0.3 is 10.5 Å². The molecule has 0 saturated carbocycles. The Hall–Kier alpha value is -3.12. The highest BCUT2D eigenvalue weighted by Crippen LogP contribution is 2.34. The molecule has 12 heteroatoms. The van der Waals surface area contributed by atoms with Crippen molar-refractivity contribution < 1.29 is 35.3 Å². The van der Waals surface area contributed by atoms with E-state index in [9.17, 15) is 26.8 Å². The minimum atomic E-state index is -3.60. The van der Waals surface area contributed by atoms with Crippen LogP contribution in [-0.4, -0.2) is 50.6 Å². The van der Waals surface area contributed by atoms with E-state index in [1.165, 1.54) is 12.1 Å². The quantitative estimate of drug-likeness (QED) is 0.320. The van der Waals surface area contributed by atoms with Gasteiger partial charge in [-0.15, -0.1) is 0 Å². The van der Waals surface area contributed by atoms with Crippen LogP contribution in [0.3, 0.4) is 0 Å². The van der Waals surface area contributed by atoms with Gasteiger partial charge in [0.1, 0.15) is 30.0 Å². The molecular weight excluding hydrogens is 477 g/mol. The summed E-state index contributed by atoms with van der Waals surface area (Å²) in [6, 6.07) is 5.14. The van der Waals surface area contributed by atoms with Gasteiger partial charge in [-0.1, -0.05) is 0 Å². The Morgan fingerprint density at radius 1 is 1.15 bits per heavy atom. The molecule has 34 heavy (non-hydrogen) atoms. The third-order valence-corrected chi connectivity index (χ3v) is 5.72.